The molecule has 0 unspecified atom stereocenters. The van der Waals surface area contributed by atoms with Crippen molar-refractivity contribution in [2.75, 3.05) is 0 Å². The number of fused-ring (bicyclic) bond motifs is 2. The third kappa shape index (κ3) is 2.05. The minimum Gasteiger partial charge on any atom is -0.549 e. The molecule has 0 N–H and O–H groups in total. The first kappa shape index (κ1) is 15.9. The zero-order valence-corrected chi connectivity index (χ0v) is 13.1. The van der Waals surface area contributed by atoms with Crippen LogP contribution in [0.2, 0.25) is 0 Å². The molecule has 72 valence electrons. The Morgan fingerprint density at radius 1 is 0.867 bits per heavy atom. The van der Waals surface area contributed by atoms with Gasteiger partial charge >= 0.3 is 59.1 Å². The minimum atomic E-state index is -1.67. The van der Waals surface area contributed by atoms with Gasteiger partial charge in [-0.05, 0) is 37.5 Å². The fourth-order valence-electron chi connectivity index (χ4n) is 3.09. The molecule has 2 rings (SSSR count). The Labute approximate surface area is 132 Å². The molecule has 2 bridgehead atoms. The van der Waals surface area contributed by atoms with Crippen LogP contribution in [0.1, 0.15) is 25.7 Å². The molecule has 2 fully saturated rings. The molecule has 6 heteroatoms. The third-order valence-corrected chi connectivity index (χ3v) is 3.69. The van der Waals surface area contributed by atoms with Gasteiger partial charge in [0.2, 0.25) is 0 Å². The van der Waals surface area contributed by atoms with Crippen LogP contribution in [0.25, 0.3) is 0 Å². The molecule has 0 aliphatic heterocycles. The molecule has 0 atom stereocenters. The van der Waals surface area contributed by atoms with Gasteiger partial charge in [-0.15, -0.1) is 0 Å². The summed E-state index contributed by atoms with van der Waals surface area (Å²) in [6.07, 6.45) is 2.75. The minimum absolute atomic E-state index is 0. The Balaban J connectivity index is 0.000000980. The van der Waals surface area contributed by atoms with Crippen LogP contribution in [0.15, 0.2) is 0 Å². The second-order valence-electron chi connectivity index (χ2n) is 3.99. The Morgan fingerprint density at radius 3 is 1.27 bits per heavy atom. The van der Waals surface area contributed by atoms with Crippen molar-refractivity contribution in [2.24, 2.45) is 17.3 Å². The van der Waals surface area contributed by atoms with E-state index in [-0.39, 0.29) is 71.0 Å². The normalized spacial score (nSPS) is 30.1. The Hall–Kier alpha value is 0.940. The number of aliphatic carboxylic acids is 2. The van der Waals surface area contributed by atoms with E-state index in [9.17, 15) is 19.8 Å². The first-order chi connectivity index (χ1) is 6.10. The van der Waals surface area contributed by atoms with Crippen molar-refractivity contribution in [3.05, 3.63) is 0 Å². The van der Waals surface area contributed by atoms with Crippen LogP contribution >= 0.6 is 0 Å². The largest absolute Gasteiger partial charge is 1.00 e. The summed E-state index contributed by atoms with van der Waals surface area (Å²) in [5.41, 5.74) is -1.67. The molecule has 0 heterocycles. The topological polar surface area (TPSA) is 80.3 Å². The van der Waals surface area contributed by atoms with Crippen LogP contribution < -0.4 is 69.3 Å². The van der Waals surface area contributed by atoms with Crippen molar-refractivity contribution in [1.82, 2.24) is 0 Å². The summed E-state index contributed by atoms with van der Waals surface area (Å²) in [6.45, 7) is 0. The van der Waals surface area contributed by atoms with Crippen molar-refractivity contribution in [3.63, 3.8) is 0 Å². The molecule has 2 saturated carbocycles. The number of rotatable bonds is 2. The summed E-state index contributed by atoms with van der Waals surface area (Å²) in [5.74, 6) is -3.41. The van der Waals surface area contributed by atoms with Gasteiger partial charge in [-0.3, -0.25) is 0 Å². The van der Waals surface area contributed by atoms with E-state index in [1.807, 2.05) is 0 Å². The van der Waals surface area contributed by atoms with Gasteiger partial charge < -0.3 is 19.8 Å². The van der Waals surface area contributed by atoms with E-state index >= 15 is 0 Å². The van der Waals surface area contributed by atoms with E-state index in [1.165, 1.54) is 0 Å². The maximum atomic E-state index is 10.9. The number of carbonyl (C=O) groups excluding carboxylic acids is 2. The van der Waals surface area contributed by atoms with Crippen LogP contribution in [0.3, 0.4) is 0 Å². The second-order valence-corrected chi connectivity index (χ2v) is 3.99. The van der Waals surface area contributed by atoms with Crippen LogP contribution in [-0.4, -0.2) is 11.9 Å². The second kappa shape index (κ2) is 5.52. The average molecular weight is 228 g/mol. The molecule has 0 aromatic rings. The van der Waals surface area contributed by atoms with E-state index in [0.29, 0.717) is 25.7 Å². The maximum Gasteiger partial charge on any atom is 1.00 e. The first-order valence-electron chi connectivity index (χ1n) is 4.53. The summed E-state index contributed by atoms with van der Waals surface area (Å²) in [7, 11) is 0. The van der Waals surface area contributed by atoms with Gasteiger partial charge in [-0.25, -0.2) is 0 Å². The molecular formula is C9H10Na2O4. The standard InChI is InChI=1S/C9H12O4.2Na/c10-7(11)9(8(12)13)5-1-2-6(9)4-3-5;;/h5-6H,1-4H2,(H,10,11)(H,12,13);;/q;2*+1/p-2. The van der Waals surface area contributed by atoms with E-state index in [1.54, 1.807) is 0 Å². The van der Waals surface area contributed by atoms with E-state index in [0.717, 1.165) is 0 Å². The van der Waals surface area contributed by atoms with Gasteiger partial charge in [0, 0.05) is 0 Å². The number of hydrogen-bond acceptors (Lipinski definition) is 4. The molecule has 4 nitrogen and oxygen atoms in total. The monoisotopic (exact) mass is 228 g/mol. The van der Waals surface area contributed by atoms with Crippen LogP contribution in [0.4, 0.5) is 0 Å². The molecule has 0 saturated heterocycles. The zero-order chi connectivity index (χ0) is 9.64. The Kier molecular flexibility index (Phi) is 5.86. The molecule has 2 aliphatic carbocycles. The van der Waals surface area contributed by atoms with E-state index in [4.69, 9.17) is 0 Å². The predicted molar refractivity (Wildman–Crippen MR) is 37.9 cm³/mol. The van der Waals surface area contributed by atoms with Crippen LogP contribution in [0, 0.1) is 17.3 Å². The SMILES string of the molecule is O=C([O-])C1(C(=O)[O-])C2CCC1CC2.[Na+].[Na+]. The molecule has 15 heavy (non-hydrogen) atoms. The fraction of sp³-hybridized carbons (Fsp3) is 0.778. The molecule has 0 spiro atoms. The fourth-order valence-corrected chi connectivity index (χ4v) is 3.09. The van der Waals surface area contributed by atoms with Gasteiger partial charge in [-0.2, -0.15) is 0 Å². The van der Waals surface area contributed by atoms with Crippen molar-refractivity contribution in [1.29, 1.82) is 0 Å². The van der Waals surface area contributed by atoms with Crippen molar-refractivity contribution in [2.45, 2.75) is 25.7 Å². The summed E-state index contributed by atoms with van der Waals surface area (Å²) >= 11 is 0. The maximum absolute atomic E-state index is 10.9. The molecular weight excluding hydrogens is 218 g/mol. The van der Waals surface area contributed by atoms with Crippen LogP contribution in [-0.2, 0) is 9.59 Å². The first-order valence-corrected chi connectivity index (χ1v) is 4.53. The smallest absolute Gasteiger partial charge is 0.549 e. The van der Waals surface area contributed by atoms with Gasteiger partial charge in [0.05, 0.1) is 17.4 Å². The van der Waals surface area contributed by atoms with Crippen molar-refractivity contribution < 1.29 is 78.9 Å². The number of carboxylic acid groups (broad SMARTS) is 2. The van der Waals surface area contributed by atoms with Gasteiger partial charge in [0.25, 0.3) is 0 Å². The number of hydrogen-bond donors (Lipinski definition) is 0. The zero-order valence-electron chi connectivity index (χ0n) is 9.12. The quantitative estimate of drug-likeness (QED) is 0.347. The molecule has 0 aromatic carbocycles. The molecule has 2 aliphatic rings. The van der Waals surface area contributed by atoms with Crippen LogP contribution in [0.5, 0.6) is 0 Å². The molecule has 0 radical (unpaired) electrons. The number of carbonyl (C=O) groups is 2. The third-order valence-electron chi connectivity index (χ3n) is 3.69. The number of carboxylic acids is 2. The van der Waals surface area contributed by atoms with Gasteiger partial charge in [0.1, 0.15) is 0 Å². The summed E-state index contributed by atoms with van der Waals surface area (Å²) in [6, 6.07) is 0. The predicted octanol–water partition coefficient (Wildman–Crippen LogP) is -7.70. The Bertz CT molecular complexity index is 243. The average Bonchev–Trinajstić information content (AvgIpc) is 2.57. The van der Waals surface area contributed by atoms with Gasteiger partial charge in [0.15, 0.2) is 0 Å². The van der Waals surface area contributed by atoms with E-state index < -0.39 is 17.4 Å². The Morgan fingerprint density at radius 2 is 1.13 bits per heavy atom. The van der Waals surface area contributed by atoms with Crippen molar-refractivity contribution >= 4 is 11.9 Å². The van der Waals surface area contributed by atoms with Gasteiger partial charge in [-0.1, -0.05) is 0 Å². The van der Waals surface area contributed by atoms with E-state index in [2.05, 4.69) is 0 Å². The summed E-state index contributed by atoms with van der Waals surface area (Å²) in [5, 5.41) is 21.8. The summed E-state index contributed by atoms with van der Waals surface area (Å²) in [4.78, 5) is 21.8. The van der Waals surface area contributed by atoms with Crippen molar-refractivity contribution in [3.8, 4) is 0 Å². The molecule has 0 amide bonds. The molecule has 0 aromatic heterocycles. The summed E-state index contributed by atoms with van der Waals surface area (Å²) < 4.78 is 0.